The summed E-state index contributed by atoms with van der Waals surface area (Å²) in [5.41, 5.74) is 0.600. The summed E-state index contributed by atoms with van der Waals surface area (Å²) in [6.45, 7) is 1.72. The smallest absolute Gasteiger partial charge is 0.256 e. The van der Waals surface area contributed by atoms with Crippen LogP contribution in [0.15, 0.2) is 12.4 Å². The number of amides is 1. The standard InChI is InChI=1S/C16H24N4O/c21-15(20-9-5-6-10-20)13-11-17-16(18-12-13)19-14-7-3-1-2-4-8-14/h11-12,14H,1-10H2,(H,17,18,19). The van der Waals surface area contributed by atoms with Gasteiger partial charge in [-0.1, -0.05) is 25.7 Å². The van der Waals surface area contributed by atoms with Crippen molar-refractivity contribution < 1.29 is 4.79 Å². The predicted molar refractivity (Wildman–Crippen MR) is 82.3 cm³/mol. The van der Waals surface area contributed by atoms with E-state index in [1.807, 2.05) is 4.90 Å². The second-order valence-electron chi connectivity index (χ2n) is 6.13. The number of hydrogen-bond acceptors (Lipinski definition) is 4. The molecule has 1 aliphatic heterocycles. The van der Waals surface area contributed by atoms with Crippen LogP contribution in [-0.4, -0.2) is 39.9 Å². The Hall–Kier alpha value is -1.65. The van der Waals surface area contributed by atoms with Crippen LogP contribution in [0.25, 0.3) is 0 Å². The topological polar surface area (TPSA) is 58.1 Å². The second kappa shape index (κ2) is 6.87. The number of anilines is 1. The van der Waals surface area contributed by atoms with Crippen molar-refractivity contribution in [2.75, 3.05) is 18.4 Å². The zero-order valence-corrected chi connectivity index (χ0v) is 12.6. The number of likely N-dealkylation sites (tertiary alicyclic amines) is 1. The van der Waals surface area contributed by atoms with Crippen molar-refractivity contribution in [1.29, 1.82) is 0 Å². The van der Waals surface area contributed by atoms with Gasteiger partial charge in [0.1, 0.15) is 0 Å². The molecule has 1 saturated heterocycles. The highest BCUT2D eigenvalue weighted by Gasteiger charge is 2.20. The number of nitrogens with one attached hydrogen (secondary N) is 1. The van der Waals surface area contributed by atoms with E-state index >= 15 is 0 Å². The fraction of sp³-hybridized carbons (Fsp3) is 0.688. The Morgan fingerprint density at radius 3 is 2.24 bits per heavy atom. The van der Waals surface area contributed by atoms with E-state index < -0.39 is 0 Å². The third-order valence-corrected chi connectivity index (χ3v) is 4.48. The maximum Gasteiger partial charge on any atom is 0.256 e. The van der Waals surface area contributed by atoms with Crippen molar-refractivity contribution in [2.45, 2.75) is 57.4 Å². The van der Waals surface area contributed by atoms with E-state index in [1.165, 1.54) is 38.5 Å². The van der Waals surface area contributed by atoms with Crippen molar-refractivity contribution >= 4 is 11.9 Å². The van der Waals surface area contributed by atoms with Gasteiger partial charge in [0.05, 0.1) is 5.56 Å². The third kappa shape index (κ3) is 3.71. The molecule has 0 spiro atoms. The maximum atomic E-state index is 12.2. The van der Waals surface area contributed by atoms with Gasteiger partial charge in [-0.05, 0) is 25.7 Å². The third-order valence-electron chi connectivity index (χ3n) is 4.48. The highest BCUT2D eigenvalue weighted by molar-refractivity contribution is 5.93. The van der Waals surface area contributed by atoms with Gasteiger partial charge in [-0.2, -0.15) is 0 Å². The van der Waals surface area contributed by atoms with Crippen molar-refractivity contribution in [2.24, 2.45) is 0 Å². The molecule has 0 unspecified atom stereocenters. The van der Waals surface area contributed by atoms with Crippen LogP contribution in [-0.2, 0) is 0 Å². The fourth-order valence-electron chi connectivity index (χ4n) is 3.22. The summed E-state index contributed by atoms with van der Waals surface area (Å²) >= 11 is 0. The quantitative estimate of drug-likeness (QED) is 0.869. The molecule has 3 rings (SSSR count). The first kappa shape index (κ1) is 14.3. The van der Waals surface area contributed by atoms with Crippen LogP contribution >= 0.6 is 0 Å². The molecular weight excluding hydrogens is 264 g/mol. The van der Waals surface area contributed by atoms with Gasteiger partial charge in [-0.15, -0.1) is 0 Å². The van der Waals surface area contributed by atoms with E-state index in [0.717, 1.165) is 25.9 Å². The summed E-state index contributed by atoms with van der Waals surface area (Å²) in [5.74, 6) is 0.716. The molecule has 1 N–H and O–H groups in total. The Bertz CT molecular complexity index is 460. The first-order valence-corrected chi connectivity index (χ1v) is 8.21. The number of hydrogen-bond donors (Lipinski definition) is 1. The largest absolute Gasteiger partial charge is 0.351 e. The Morgan fingerprint density at radius 2 is 1.62 bits per heavy atom. The van der Waals surface area contributed by atoms with Crippen LogP contribution in [0, 0.1) is 0 Å². The molecule has 114 valence electrons. The van der Waals surface area contributed by atoms with E-state index in [9.17, 15) is 4.79 Å². The van der Waals surface area contributed by atoms with Crippen molar-refractivity contribution in [3.05, 3.63) is 18.0 Å². The molecule has 2 fully saturated rings. The van der Waals surface area contributed by atoms with Crippen LogP contribution in [0.1, 0.15) is 61.7 Å². The van der Waals surface area contributed by atoms with Gasteiger partial charge in [0.15, 0.2) is 0 Å². The lowest BCUT2D eigenvalue weighted by molar-refractivity contribution is 0.0792. The highest BCUT2D eigenvalue weighted by Crippen LogP contribution is 2.20. The van der Waals surface area contributed by atoms with E-state index in [4.69, 9.17) is 0 Å². The molecule has 0 radical (unpaired) electrons. The summed E-state index contributed by atoms with van der Waals surface area (Å²) < 4.78 is 0. The fourth-order valence-corrected chi connectivity index (χ4v) is 3.22. The minimum absolute atomic E-state index is 0.0634. The average Bonchev–Trinajstić information content (AvgIpc) is 2.93. The van der Waals surface area contributed by atoms with Crippen LogP contribution in [0.3, 0.4) is 0 Å². The Balaban J connectivity index is 1.59. The first-order chi connectivity index (χ1) is 10.3. The summed E-state index contributed by atoms with van der Waals surface area (Å²) in [6.07, 6.45) is 13.1. The molecule has 1 saturated carbocycles. The molecule has 2 heterocycles. The zero-order chi connectivity index (χ0) is 14.5. The van der Waals surface area contributed by atoms with E-state index in [2.05, 4.69) is 15.3 Å². The summed E-state index contributed by atoms with van der Waals surface area (Å²) in [7, 11) is 0. The molecular formula is C16H24N4O. The molecule has 0 bridgehead atoms. The minimum Gasteiger partial charge on any atom is -0.351 e. The monoisotopic (exact) mass is 288 g/mol. The average molecular weight is 288 g/mol. The van der Waals surface area contributed by atoms with Crippen LogP contribution in [0.4, 0.5) is 5.95 Å². The number of nitrogens with zero attached hydrogens (tertiary/aromatic N) is 3. The van der Waals surface area contributed by atoms with Crippen LogP contribution < -0.4 is 5.32 Å². The minimum atomic E-state index is 0.0634. The van der Waals surface area contributed by atoms with Crippen molar-refractivity contribution in [3.8, 4) is 0 Å². The molecule has 1 aromatic heterocycles. The second-order valence-corrected chi connectivity index (χ2v) is 6.13. The summed E-state index contributed by atoms with van der Waals surface area (Å²) in [5, 5.41) is 3.41. The highest BCUT2D eigenvalue weighted by atomic mass is 16.2. The number of carbonyl (C=O) groups excluding carboxylic acids is 1. The van der Waals surface area contributed by atoms with Crippen molar-refractivity contribution in [3.63, 3.8) is 0 Å². The number of aromatic nitrogens is 2. The van der Waals surface area contributed by atoms with Gasteiger partial charge < -0.3 is 10.2 Å². The Labute approximate surface area is 126 Å². The molecule has 5 heteroatoms. The van der Waals surface area contributed by atoms with Crippen molar-refractivity contribution in [1.82, 2.24) is 14.9 Å². The van der Waals surface area contributed by atoms with E-state index in [0.29, 0.717) is 17.6 Å². The zero-order valence-electron chi connectivity index (χ0n) is 12.6. The van der Waals surface area contributed by atoms with E-state index in [1.54, 1.807) is 12.4 Å². The van der Waals surface area contributed by atoms with Crippen LogP contribution in [0.5, 0.6) is 0 Å². The predicted octanol–water partition coefficient (Wildman–Crippen LogP) is 2.85. The first-order valence-electron chi connectivity index (χ1n) is 8.21. The SMILES string of the molecule is O=C(c1cnc(NC2CCCCCC2)nc1)N1CCCC1. The van der Waals surface area contributed by atoms with E-state index in [-0.39, 0.29) is 5.91 Å². The maximum absolute atomic E-state index is 12.2. The van der Waals surface area contributed by atoms with Gasteiger partial charge in [0.2, 0.25) is 5.95 Å². The Kier molecular flexibility index (Phi) is 4.68. The molecule has 1 aliphatic carbocycles. The Morgan fingerprint density at radius 1 is 1.00 bits per heavy atom. The molecule has 5 nitrogen and oxygen atoms in total. The molecule has 0 atom stereocenters. The molecule has 21 heavy (non-hydrogen) atoms. The lowest BCUT2D eigenvalue weighted by atomic mass is 10.1. The normalized spacial score (nSPS) is 20.3. The van der Waals surface area contributed by atoms with Crippen LogP contribution in [0.2, 0.25) is 0 Å². The molecule has 1 aromatic rings. The molecule has 1 amide bonds. The lowest BCUT2D eigenvalue weighted by Crippen LogP contribution is -2.28. The number of rotatable bonds is 3. The van der Waals surface area contributed by atoms with Gasteiger partial charge in [-0.25, -0.2) is 9.97 Å². The van der Waals surface area contributed by atoms with Gasteiger partial charge in [0, 0.05) is 31.5 Å². The number of carbonyl (C=O) groups is 1. The lowest BCUT2D eigenvalue weighted by Gasteiger charge is -2.17. The van der Waals surface area contributed by atoms with Gasteiger partial charge in [-0.3, -0.25) is 4.79 Å². The summed E-state index contributed by atoms with van der Waals surface area (Å²) in [4.78, 5) is 22.8. The molecule has 0 aromatic carbocycles. The molecule has 2 aliphatic rings. The summed E-state index contributed by atoms with van der Waals surface area (Å²) in [6, 6.07) is 0.479. The van der Waals surface area contributed by atoms with Gasteiger partial charge in [0.25, 0.3) is 5.91 Å². The van der Waals surface area contributed by atoms with Gasteiger partial charge >= 0.3 is 0 Å².